The van der Waals surface area contributed by atoms with Crippen LogP contribution in [0, 0.1) is 11.3 Å². The lowest BCUT2D eigenvalue weighted by Gasteiger charge is -2.32. The van der Waals surface area contributed by atoms with Gasteiger partial charge in [0.1, 0.15) is 17.1 Å². The number of carbonyl (C=O) groups excluding carboxylic acids is 1. The monoisotopic (exact) mass is 375 g/mol. The van der Waals surface area contributed by atoms with Crippen LogP contribution in [-0.2, 0) is 16.6 Å². The number of rotatable bonds is 5. The van der Waals surface area contributed by atoms with Gasteiger partial charge in [0.2, 0.25) is 17.7 Å². The Hall–Kier alpha value is -3.53. The van der Waals surface area contributed by atoms with Crippen molar-refractivity contribution in [3.05, 3.63) is 65.2 Å². The number of aromatic nitrogens is 2. The topological polar surface area (TPSA) is 108 Å². The first-order valence-corrected chi connectivity index (χ1v) is 9.29. The lowest BCUT2D eigenvalue weighted by molar-refractivity contribution is -0.120. The number of hydrogen-bond acceptors (Lipinski definition) is 5. The number of nitriles is 1. The van der Waals surface area contributed by atoms with E-state index >= 15 is 0 Å². The number of aromatic amines is 1. The summed E-state index contributed by atoms with van der Waals surface area (Å²) in [7, 11) is 0. The first-order chi connectivity index (χ1) is 13.6. The van der Waals surface area contributed by atoms with Crippen molar-refractivity contribution < 1.29 is 9.53 Å². The molecule has 7 nitrogen and oxygen atoms in total. The molecule has 1 amide bonds. The van der Waals surface area contributed by atoms with E-state index in [1.165, 1.54) is 0 Å². The number of ether oxygens (including phenoxy) is 1. The Morgan fingerprint density at radius 3 is 2.96 bits per heavy atom. The van der Waals surface area contributed by atoms with E-state index in [2.05, 4.69) is 29.8 Å². The molecular formula is C21H21N5O2. The number of H-pyrrole nitrogens is 1. The van der Waals surface area contributed by atoms with Crippen LogP contribution in [0.15, 0.2) is 48.4 Å². The van der Waals surface area contributed by atoms with Gasteiger partial charge in [0.05, 0.1) is 5.56 Å². The van der Waals surface area contributed by atoms with Crippen LogP contribution < -0.4 is 15.4 Å². The van der Waals surface area contributed by atoms with Gasteiger partial charge >= 0.3 is 0 Å². The summed E-state index contributed by atoms with van der Waals surface area (Å²) in [5, 5.41) is 17.3. The summed E-state index contributed by atoms with van der Waals surface area (Å²) < 4.78 is 5.64. The lowest BCUT2D eigenvalue weighted by atomic mass is 9.68. The highest BCUT2D eigenvalue weighted by molar-refractivity contribution is 6.14. The quantitative estimate of drug-likeness (QED) is 0.781. The van der Waals surface area contributed by atoms with Crippen LogP contribution >= 0.6 is 0 Å². The average molecular weight is 375 g/mol. The molecule has 0 fully saturated rings. The summed E-state index contributed by atoms with van der Waals surface area (Å²) in [5.74, 6) is -0.0739. The second-order valence-corrected chi connectivity index (χ2v) is 6.91. The van der Waals surface area contributed by atoms with Gasteiger partial charge in [-0.05, 0) is 18.9 Å². The maximum atomic E-state index is 13.9. The minimum absolute atomic E-state index is 0.0906. The SMILES string of the molecule is C=CCN1C(=O)[C@@]2(C(C#N)=C(N)Oc3n[nH]c(CCCC)c32)c2ccccc21. The van der Waals surface area contributed by atoms with Crippen LogP contribution in [0.2, 0.25) is 0 Å². The predicted octanol–water partition coefficient (Wildman–Crippen LogP) is 2.66. The van der Waals surface area contributed by atoms with Gasteiger partial charge in [-0.1, -0.05) is 37.6 Å². The van der Waals surface area contributed by atoms with Crippen molar-refractivity contribution in [1.29, 1.82) is 5.26 Å². The first-order valence-electron chi connectivity index (χ1n) is 9.29. The fourth-order valence-corrected chi connectivity index (χ4v) is 4.20. The van der Waals surface area contributed by atoms with E-state index in [9.17, 15) is 10.1 Å². The van der Waals surface area contributed by atoms with Crippen molar-refractivity contribution in [3.8, 4) is 11.9 Å². The largest absolute Gasteiger partial charge is 0.420 e. The average Bonchev–Trinajstić information content (AvgIpc) is 3.20. The molecule has 7 heteroatoms. The Bertz CT molecular complexity index is 1050. The van der Waals surface area contributed by atoms with Gasteiger partial charge in [-0.3, -0.25) is 9.89 Å². The van der Waals surface area contributed by atoms with Crippen LogP contribution in [0.5, 0.6) is 5.88 Å². The summed E-state index contributed by atoms with van der Waals surface area (Å²) in [4.78, 5) is 15.5. The summed E-state index contributed by atoms with van der Waals surface area (Å²) >= 11 is 0. The van der Waals surface area contributed by atoms with Gasteiger partial charge in [-0.25, -0.2) is 0 Å². The number of amides is 1. The van der Waals surface area contributed by atoms with Crippen molar-refractivity contribution in [2.45, 2.75) is 31.6 Å². The number of fused-ring (bicyclic) bond motifs is 4. The number of nitrogens with zero attached hydrogens (tertiary/aromatic N) is 3. The second-order valence-electron chi connectivity index (χ2n) is 6.91. The van der Waals surface area contributed by atoms with E-state index in [1.54, 1.807) is 11.0 Å². The highest BCUT2D eigenvalue weighted by atomic mass is 16.5. The third-order valence-electron chi connectivity index (χ3n) is 5.38. The van der Waals surface area contributed by atoms with Gasteiger partial charge < -0.3 is 15.4 Å². The number of unbranched alkanes of at least 4 members (excludes halogenated alkanes) is 1. The maximum absolute atomic E-state index is 13.9. The Labute approximate surface area is 163 Å². The van der Waals surface area contributed by atoms with Crippen molar-refractivity contribution in [3.63, 3.8) is 0 Å². The summed E-state index contributed by atoms with van der Waals surface area (Å²) in [6.45, 7) is 6.19. The van der Waals surface area contributed by atoms with Crippen LogP contribution in [-0.4, -0.2) is 22.6 Å². The fraction of sp³-hybridized carbons (Fsp3) is 0.286. The molecule has 0 radical (unpaired) electrons. The number of anilines is 1. The molecule has 4 rings (SSSR count). The fourth-order valence-electron chi connectivity index (χ4n) is 4.20. The number of benzene rings is 1. The van der Waals surface area contributed by atoms with Crippen molar-refractivity contribution >= 4 is 11.6 Å². The number of hydrogen-bond donors (Lipinski definition) is 2. The molecule has 142 valence electrons. The highest BCUT2D eigenvalue weighted by Crippen LogP contribution is 2.55. The lowest BCUT2D eigenvalue weighted by Crippen LogP contribution is -2.46. The minimum atomic E-state index is -1.36. The minimum Gasteiger partial charge on any atom is -0.420 e. The van der Waals surface area contributed by atoms with E-state index < -0.39 is 5.41 Å². The zero-order chi connectivity index (χ0) is 19.9. The van der Waals surface area contributed by atoms with Crippen molar-refractivity contribution in [1.82, 2.24) is 10.2 Å². The zero-order valence-corrected chi connectivity index (χ0v) is 15.7. The third-order valence-corrected chi connectivity index (χ3v) is 5.38. The first kappa shape index (κ1) is 17.9. The molecule has 3 N–H and O–H groups in total. The molecule has 2 aliphatic heterocycles. The Balaban J connectivity index is 2.07. The van der Waals surface area contributed by atoms with E-state index in [1.807, 2.05) is 24.3 Å². The van der Waals surface area contributed by atoms with Crippen LogP contribution in [0.1, 0.15) is 36.6 Å². The number of carbonyl (C=O) groups is 1. The second kappa shape index (κ2) is 6.57. The number of nitrogens with one attached hydrogen (secondary N) is 1. The maximum Gasteiger partial charge on any atom is 0.248 e. The van der Waals surface area contributed by atoms with E-state index in [-0.39, 0.29) is 23.2 Å². The molecule has 0 unspecified atom stereocenters. The smallest absolute Gasteiger partial charge is 0.248 e. The summed E-state index contributed by atoms with van der Waals surface area (Å²) in [6, 6.07) is 9.62. The third kappa shape index (κ3) is 2.15. The van der Waals surface area contributed by atoms with E-state index in [4.69, 9.17) is 10.5 Å². The van der Waals surface area contributed by atoms with E-state index in [0.29, 0.717) is 24.1 Å². The summed E-state index contributed by atoms with van der Waals surface area (Å²) in [5.41, 5.74) is 7.68. The number of para-hydroxylation sites is 1. The van der Waals surface area contributed by atoms with Gasteiger partial charge in [-0.2, -0.15) is 5.26 Å². The standard InChI is InChI=1S/C21H21N5O2/c1-3-5-9-15-17-19(25-24-15)28-18(23)14(12-22)21(17)13-8-6-7-10-16(13)26(11-4-2)20(21)27/h4,6-8,10H,2-3,5,9,11,23H2,1H3,(H,24,25)/t21-/m1/s1. The molecule has 1 atom stereocenters. The molecule has 0 aliphatic carbocycles. The van der Waals surface area contributed by atoms with Crippen molar-refractivity contribution in [2.24, 2.45) is 5.73 Å². The Morgan fingerprint density at radius 2 is 2.25 bits per heavy atom. The molecule has 0 bridgehead atoms. The highest BCUT2D eigenvalue weighted by Gasteiger charge is 2.60. The molecule has 1 aromatic carbocycles. The molecule has 2 aromatic rings. The normalized spacial score (nSPS) is 20.0. The molecule has 0 saturated heterocycles. The van der Waals surface area contributed by atoms with Crippen LogP contribution in [0.25, 0.3) is 0 Å². The van der Waals surface area contributed by atoms with Crippen molar-refractivity contribution in [2.75, 3.05) is 11.4 Å². The van der Waals surface area contributed by atoms with Gasteiger partial charge in [0.15, 0.2) is 0 Å². The molecule has 1 spiro atoms. The van der Waals surface area contributed by atoms with Gasteiger partial charge in [0, 0.05) is 23.5 Å². The van der Waals surface area contributed by atoms with Gasteiger partial charge in [-0.15, -0.1) is 11.7 Å². The molecular weight excluding hydrogens is 354 g/mol. The molecule has 28 heavy (non-hydrogen) atoms. The Morgan fingerprint density at radius 1 is 1.46 bits per heavy atom. The Kier molecular flexibility index (Phi) is 4.19. The number of nitrogens with two attached hydrogens (primary N) is 1. The molecule has 2 aliphatic rings. The predicted molar refractivity (Wildman–Crippen MR) is 104 cm³/mol. The van der Waals surface area contributed by atoms with Gasteiger partial charge in [0.25, 0.3) is 0 Å². The van der Waals surface area contributed by atoms with E-state index in [0.717, 1.165) is 24.2 Å². The zero-order valence-electron chi connectivity index (χ0n) is 15.7. The molecule has 0 saturated carbocycles. The molecule has 1 aromatic heterocycles. The van der Waals surface area contributed by atoms with Crippen LogP contribution in [0.3, 0.4) is 0 Å². The van der Waals surface area contributed by atoms with Crippen LogP contribution in [0.4, 0.5) is 5.69 Å². The summed E-state index contributed by atoms with van der Waals surface area (Å²) in [6.07, 6.45) is 4.26. The molecule has 3 heterocycles. The number of aryl methyl sites for hydroxylation is 1.